The summed E-state index contributed by atoms with van der Waals surface area (Å²) >= 11 is 0. The molecule has 5 nitrogen and oxygen atoms in total. The fourth-order valence-electron chi connectivity index (χ4n) is 1.71. The number of hydrogen-bond donors (Lipinski definition) is 1. The number of diazo groups is 1. The molecule has 1 aliphatic heterocycles. The van der Waals surface area contributed by atoms with Crippen LogP contribution in [0.2, 0.25) is 0 Å². The summed E-state index contributed by atoms with van der Waals surface area (Å²) in [6.45, 7) is 4.73. The summed E-state index contributed by atoms with van der Waals surface area (Å²) in [7, 11) is 0. The Kier molecular flexibility index (Phi) is 5.54. The van der Waals surface area contributed by atoms with E-state index in [-0.39, 0.29) is 18.0 Å². The first-order valence-electron chi connectivity index (χ1n) is 5.34. The van der Waals surface area contributed by atoms with Gasteiger partial charge in [0.1, 0.15) is 0 Å². The molecule has 0 spiro atoms. The van der Waals surface area contributed by atoms with Crippen molar-refractivity contribution in [3.8, 4) is 0 Å². The van der Waals surface area contributed by atoms with Gasteiger partial charge in [-0.3, -0.25) is 0 Å². The summed E-state index contributed by atoms with van der Waals surface area (Å²) in [5.41, 5.74) is 0. The highest BCUT2D eigenvalue weighted by Gasteiger charge is 2.28. The summed E-state index contributed by atoms with van der Waals surface area (Å²) in [4.78, 5) is 2.76. The van der Waals surface area contributed by atoms with E-state index in [1.165, 1.54) is 0 Å². The molecule has 0 bridgehead atoms. The van der Waals surface area contributed by atoms with E-state index in [4.69, 9.17) is 14.9 Å². The minimum Gasteiger partial charge on any atom is -0.505 e. The lowest BCUT2D eigenvalue weighted by molar-refractivity contribution is -0.101. The molecule has 0 radical (unpaired) electrons. The zero-order chi connectivity index (χ0) is 11.8. The molecule has 16 heavy (non-hydrogen) atoms. The van der Waals surface area contributed by atoms with Crippen LogP contribution in [0.3, 0.4) is 0 Å². The Labute approximate surface area is 95.0 Å². The lowest BCUT2D eigenvalue weighted by atomic mass is 10.0. The molecule has 5 heteroatoms. The fraction of sp³-hybridized carbons (Fsp3) is 0.636. The van der Waals surface area contributed by atoms with E-state index >= 15 is 0 Å². The minimum absolute atomic E-state index is 0.0124. The molecule has 88 valence electrons. The molecule has 0 unspecified atom stereocenters. The van der Waals surface area contributed by atoms with E-state index in [0.29, 0.717) is 19.6 Å². The predicted octanol–water partition coefficient (Wildman–Crippen LogP) is 2.38. The van der Waals surface area contributed by atoms with Crippen LogP contribution < -0.4 is 0 Å². The van der Waals surface area contributed by atoms with Crippen LogP contribution in [-0.4, -0.2) is 30.5 Å². The Bertz CT molecular complexity index is 296. The van der Waals surface area contributed by atoms with Gasteiger partial charge in [-0.2, -0.15) is 0 Å². The Morgan fingerprint density at radius 3 is 3.19 bits per heavy atom. The number of aliphatic hydroxyl groups excluding tert-OH is 1. The predicted molar refractivity (Wildman–Crippen MR) is 59.3 cm³/mol. The second-order valence-electron chi connectivity index (χ2n) is 3.65. The molecule has 1 saturated heterocycles. The monoisotopic (exact) mass is 225 g/mol. The molecule has 0 aromatic heterocycles. The molecule has 1 aliphatic rings. The third-order valence-electron chi connectivity index (χ3n) is 2.42. The van der Waals surface area contributed by atoms with Gasteiger partial charge in [0.25, 0.3) is 0 Å². The van der Waals surface area contributed by atoms with E-state index in [1.54, 1.807) is 6.08 Å². The second kappa shape index (κ2) is 6.99. The average molecular weight is 225 g/mol. The van der Waals surface area contributed by atoms with Crippen LogP contribution in [0.15, 0.2) is 24.6 Å². The fourth-order valence-corrected chi connectivity index (χ4v) is 1.71. The molecule has 2 atom stereocenters. The maximum atomic E-state index is 9.40. The Balaban J connectivity index is 2.50. The summed E-state index contributed by atoms with van der Waals surface area (Å²) in [6.07, 6.45) is 4.61. The standard InChI is InChI=1S/C11H16N2O3/c1-2-5-15-10-4-3-6-16-11(10)7-9(14)8-13-12/h2,8,10-11H,1,3-7H2/p+1/b9-8+/t10-,11+/m0/s1. The van der Waals surface area contributed by atoms with Crippen LogP contribution in [0, 0.1) is 5.39 Å². The van der Waals surface area contributed by atoms with Crippen molar-refractivity contribution in [3.63, 3.8) is 0 Å². The van der Waals surface area contributed by atoms with Gasteiger partial charge >= 0.3 is 6.20 Å². The number of rotatable bonds is 5. The molecule has 1 rings (SSSR count). The number of ether oxygens (including phenoxy) is 2. The SMILES string of the molecule is C=CCO[C@H]1CCCO[C@@H]1C/C(O)=C\[N+]#N. The molecule has 1 N–H and O–H groups in total. The van der Waals surface area contributed by atoms with Crippen molar-refractivity contribution in [2.45, 2.75) is 31.5 Å². The summed E-state index contributed by atoms with van der Waals surface area (Å²) in [5.74, 6) is -0.0124. The number of aliphatic hydroxyl groups is 1. The topological polar surface area (TPSA) is 66.8 Å². The first-order chi connectivity index (χ1) is 7.77. The van der Waals surface area contributed by atoms with Crippen molar-refractivity contribution in [3.05, 3.63) is 29.6 Å². The van der Waals surface area contributed by atoms with Gasteiger partial charge in [-0.15, -0.1) is 6.58 Å². The molecule has 0 amide bonds. The molecular weight excluding hydrogens is 208 g/mol. The van der Waals surface area contributed by atoms with Gasteiger partial charge in [0.05, 0.1) is 18.8 Å². The van der Waals surface area contributed by atoms with Crippen molar-refractivity contribution < 1.29 is 14.6 Å². The van der Waals surface area contributed by atoms with Crippen molar-refractivity contribution in [2.75, 3.05) is 13.2 Å². The van der Waals surface area contributed by atoms with E-state index in [9.17, 15) is 5.11 Å². The van der Waals surface area contributed by atoms with E-state index in [1.807, 2.05) is 0 Å². The van der Waals surface area contributed by atoms with Crippen molar-refractivity contribution >= 4 is 0 Å². The lowest BCUT2D eigenvalue weighted by Crippen LogP contribution is -2.36. The van der Waals surface area contributed by atoms with Gasteiger partial charge in [0.2, 0.25) is 5.39 Å². The van der Waals surface area contributed by atoms with Gasteiger partial charge < -0.3 is 14.6 Å². The summed E-state index contributed by atoms with van der Waals surface area (Å²) in [5, 5.41) is 17.7. The van der Waals surface area contributed by atoms with Gasteiger partial charge in [-0.1, -0.05) is 6.08 Å². The average Bonchev–Trinajstić information content (AvgIpc) is 2.28. The first kappa shape index (κ1) is 12.7. The molecule has 1 fully saturated rings. The van der Waals surface area contributed by atoms with Crippen LogP contribution in [0.1, 0.15) is 19.3 Å². The molecule has 0 aliphatic carbocycles. The largest absolute Gasteiger partial charge is 0.505 e. The molecule has 1 heterocycles. The normalized spacial score (nSPS) is 26.1. The highest BCUT2D eigenvalue weighted by atomic mass is 16.5. The van der Waals surface area contributed by atoms with Crippen LogP contribution >= 0.6 is 0 Å². The van der Waals surface area contributed by atoms with Crippen molar-refractivity contribution in [1.29, 1.82) is 5.39 Å². The third kappa shape index (κ3) is 4.01. The highest BCUT2D eigenvalue weighted by molar-refractivity contribution is 4.99. The van der Waals surface area contributed by atoms with Crippen LogP contribution in [0.4, 0.5) is 0 Å². The van der Waals surface area contributed by atoms with Crippen LogP contribution in [-0.2, 0) is 9.47 Å². The second-order valence-corrected chi connectivity index (χ2v) is 3.65. The van der Waals surface area contributed by atoms with E-state index in [0.717, 1.165) is 19.0 Å². The van der Waals surface area contributed by atoms with Crippen molar-refractivity contribution in [2.24, 2.45) is 0 Å². The van der Waals surface area contributed by atoms with Crippen LogP contribution in [0.25, 0.3) is 4.98 Å². The Hall–Kier alpha value is -1.38. The maximum Gasteiger partial charge on any atom is 0.387 e. The summed E-state index contributed by atoms with van der Waals surface area (Å²) < 4.78 is 11.1. The first-order valence-corrected chi connectivity index (χ1v) is 5.34. The lowest BCUT2D eigenvalue weighted by Gasteiger charge is -2.30. The van der Waals surface area contributed by atoms with E-state index in [2.05, 4.69) is 11.6 Å². The van der Waals surface area contributed by atoms with Gasteiger partial charge in [-0.25, -0.2) is 0 Å². The molecule has 0 saturated carbocycles. The number of nitrogens with zero attached hydrogens (tertiary/aromatic N) is 2. The van der Waals surface area contributed by atoms with Crippen molar-refractivity contribution in [1.82, 2.24) is 0 Å². The zero-order valence-electron chi connectivity index (χ0n) is 9.21. The Morgan fingerprint density at radius 2 is 2.50 bits per heavy atom. The maximum absolute atomic E-state index is 9.40. The quantitative estimate of drug-likeness (QED) is 0.443. The number of hydrogen-bond acceptors (Lipinski definition) is 4. The molecule has 0 aromatic carbocycles. The molecular formula is C11H17N2O3+. The molecule has 0 aromatic rings. The highest BCUT2D eigenvalue weighted by Crippen LogP contribution is 2.22. The minimum atomic E-state index is -0.188. The smallest absolute Gasteiger partial charge is 0.387 e. The zero-order valence-corrected chi connectivity index (χ0v) is 9.21. The van der Waals surface area contributed by atoms with Crippen LogP contribution in [0.5, 0.6) is 0 Å². The van der Waals surface area contributed by atoms with Gasteiger partial charge in [-0.05, 0) is 12.8 Å². The summed E-state index contributed by atoms with van der Waals surface area (Å²) in [6, 6.07) is 0. The third-order valence-corrected chi connectivity index (χ3v) is 2.42. The Morgan fingerprint density at radius 1 is 1.69 bits per heavy atom. The van der Waals surface area contributed by atoms with Gasteiger partial charge in [0.15, 0.2) is 10.7 Å². The van der Waals surface area contributed by atoms with Gasteiger partial charge in [0, 0.05) is 13.0 Å². The van der Waals surface area contributed by atoms with E-state index < -0.39 is 0 Å².